The fourth-order valence-electron chi connectivity index (χ4n) is 3.47. The molecule has 0 saturated heterocycles. The van der Waals surface area contributed by atoms with E-state index < -0.39 is 5.97 Å². The number of benzene rings is 3. The zero-order valence-corrected chi connectivity index (χ0v) is 17.0. The van der Waals surface area contributed by atoms with Gasteiger partial charge in [0.15, 0.2) is 6.61 Å². The molecule has 1 aliphatic rings. The number of carbonyl (C=O) groups is 2. The second-order valence-corrected chi connectivity index (χ2v) is 7.01. The molecule has 31 heavy (non-hydrogen) atoms. The van der Waals surface area contributed by atoms with Crippen molar-refractivity contribution < 1.29 is 23.8 Å². The summed E-state index contributed by atoms with van der Waals surface area (Å²) in [5.41, 5.74) is 2.28. The molecule has 3 aromatic rings. The minimum atomic E-state index is -0.597. The molecule has 3 aromatic carbocycles. The lowest BCUT2D eigenvalue weighted by Gasteiger charge is -2.17. The molecule has 0 unspecified atom stereocenters. The zero-order valence-electron chi connectivity index (χ0n) is 17.0. The molecule has 0 atom stereocenters. The maximum atomic E-state index is 12.6. The number of nitrogens with zero attached hydrogens (tertiary/aromatic N) is 1. The first kappa shape index (κ1) is 20.5. The van der Waals surface area contributed by atoms with E-state index in [0.717, 1.165) is 23.4 Å². The summed E-state index contributed by atoms with van der Waals surface area (Å²) in [6.07, 6.45) is 0.803. The van der Waals surface area contributed by atoms with Gasteiger partial charge >= 0.3 is 5.97 Å². The molecule has 0 aliphatic carbocycles. The van der Waals surface area contributed by atoms with E-state index in [0.29, 0.717) is 18.9 Å². The highest BCUT2D eigenvalue weighted by atomic mass is 16.5. The van der Waals surface area contributed by atoms with Gasteiger partial charge in [-0.05, 0) is 42.3 Å². The van der Waals surface area contributed by atoms with Gasteiger partial charge in [-0.3, -0.25) is 4.79 Å². The van der Waals surface area contributed by atoms with Crippen LogP contribution in [-0.4, -0.2) is 38.2 Å². The molecule has 0 fully saturated rings. The average Bonchev–Trinajstić information content (AvgIpc) is 3.25. The van der Waals surface area contributed by atoms with Crippen molar-refractivity contribution in [1.29, 1.82) is 0 Å². The van der Waals surface area contributed by atoms with E-state index in [-0.39, 0.29) is 24.7 Å². The average molecular weight is 417 g/mol. The summed E-state index contributed by atoms with van der Waals surface area (Å²) in [6.45, 7) is 0.873. The second-order valence-electron chi connectivity index (χ2n) is 7.01. The predicted molar refractivity (Wildman–Crippen MR) is 117 cm³/mol. The van der Waals surface area contributed by atoms with Gasteiger partial charge in [-0.15, -0.1) is 0 Å². The van der Waals surface area contributed by atoms with Crippen LogP contribution >= 0.6 is 0 Å². The number of para-hydroxylation sites is 3. The Morgan fingerprint density at radius 1 is 0.806 bits per heavy atom. The van der Waals surface area contributed by atoms with E-state index in [4.69, 9.17) is 14.2 Å². The second kappa shape index (κ2) is 9.80. The number of rotatable bonds is 8. The molecule has 6 nitrogen and oxygen atoms in total. The minimum absolute atomic E-state index is 0.243. The van der Waals surface area contributed by atoms with Crippen molar-refractivity contribution in [3.8, 4) is 11.5 Å². The van der Waals surface area contributed by atoms with Crippen molar-refractivity contribution in [2.75, 3.05) is 31.3 Å². The number of carbonyl (C=O) groups excluding carboxylic acids is 2. The van der Waals surface area contributed by atoms with Gasteiger partial charge in [0.05, 0.1) is 0 Å². The first-order chi connectivity index (χ1) is 15.2. The monoisotopic (exact) mass is 417 g/mol. The molecule has 1 aliphatic heterocycles. The Hall–Kier alpha value is -3.80. The van der Waals surface area contributed by atoms with E-state index in [1.54, 1.807) is 29.2 Å². The van der Waals surface area contributed by atoms with E-state index in [1.165, 1.54) is 0 Å². The summed E-state index contributed by atoms with van der Waals surface area (Å²) in [7, 11) is 0. The summed E-state index contributed by atoms with van der Waals surface area (Å²) in [5, 5.41) is 0. The Labute approximate surface area is 181 Å². The molecule has 0 aromatic heterocycles. The summed E-state index contributed by atoms with van der Waals surface area (Å²) in [5.74, 6) is 0.303. The van der Waals surface area contributed by atoms with Crippen LogP contribution in [0.3, 0.4) is 0 Å². The molecule has 0 spiro atoms. The maximum Gasteiger partial charge on any atom is 0.342 e. The van der Waals surface area contributed by atoms with Crippen LogP contribution in [0.1, 0.15) is 15.9 Å². The van der Waals surface area contributed by atoms with Crippen LogP contribution in [0.25, 0.3) is 0 Å². The van der Waals surface area contributed by atoms with E-state index in [1.807, 2.05) is 54.6 Å². The van der Waals surface area contributed by atoms with Crippen molar-refractivity contribution in [3.63, 3.8) is 0 Å². The van der Waals surface area contributed by atoms with Gasteiger partial charge in [0.25, 0.3) is 5.91 Å². The van der Waals surface area contributed by atoms with Crippen LogP contribution in [-0.2, 0) is 16.0 Å². The third-order valence-electron chi connectivity index (χ3n) is 4.97. The van der Waals surface area contributed by atoms with Crippen molar-refractivity contribution >= 4 is 17.6 Å². The number of fused-ring (bicyclic) bond motifs is 1. The number of amides is 1. The molecule has 6 heteroatoms. The predicted octanol–water partition coefficient (Wildman–Crippen LogP) is 3.89. The van der Waals surface area contributed by atoms with Gasteiger partial charge in [-0.1, -0.05) is 48.5 Å². The van der Waals surface area contributed by atoms with Gasteiger partial charge in [0.1, 0.15) is 30.3 Å². The molecule has 1 heterocycles. The minimum Gasteiger partial charge on any atom is -0.490 e. The van der Waals surface area contributed by atoms with Crippen molar-refractivity contribution in [1.82, 2.24) is 0 Å². The topological polar surface area (TPSA) is 65.1 Å². The summed E-state index contributed by atoms with van der Waals surface area (Å²) in [4.78, 5) is 26.8. The summed E-state index contributed by atoms with van der Waals surface area (Å²) < 4.78 is 16.6. The fourth-order valence-corrected chi connectivity index (χ4v) is 3.47. The smallest absolute Gasteiger partial charge is 0.342 e. The first-order valence-electron chi connectivity index (χ1n) is 10.2. The van der Waals surface area contributed by atoms with Crippen molar-refractivity contribution in [3.05, 3.63) is 90.0 Å². The molecular weight excluding hydrogens is 394 g/mol. The van der Waals surface area contributed by atoms with Gasteiger partial charge in [-0.25, -0.2) is 4.79 Å². The molecular formula is C25H23NO5. The molecule has 158 valence electrons. The van der Waals surface area contributed by atoms with E-state index >= 15 is 0 Å². The quantitative estimate of drug-likeness (QED) is 0.411. The summed E-state index contributed by atoms with van der Waals surface area (Å²) >= 11 is 0. The van der Waals surface area contributed by atoms with Gasteiger partial charge in [0, 0.05) is 12.2 Å². The molecule has 0 N–H and O–H groups in total. The van der Waals surface area contributed by atoms with Crippen LogP contribution in [0.4, 0.5) is 5.69 Å². The van der Waals surface area contributed by atoms with Crippen LogP contribution < -0.4 is 14.4 Å². The molecule has 0 saturated carbocycles. The molecule has 0 bridgehead atoms. The van der Waals surface area contributed by atoms with Gasteiger partial charge < -0.3 is 19.1 Å². The van der Waals surface area contributed by atoms with E-state index in [9.17, 15) is 9.59 Å². The largest absolute Gasteiger partial charge is 0.490 e. The summed E-state index contributed by atoms with van der Waals surface area (Å²) in [6, 6.07) is 24.0. The van der Waals surface area contributed by atoms with Crippen LogP contribution in [0.5, 0.6) is 11.5 Å². The Balaban J connectivity index is 1.30. The Morgan fingerprint density at radius 3 is 2.39 bits per heavy atom. The third kappa shape index (κ3) is 5.04. The lowest BCUT2D eigenvalue weighted by atomic mass is 10.2. The SMILES string of the molecule is O=C(OCC(=O)N1CCc2ccccc21)c1ccccc1OCCOc1ccccc1. The third-order valence-corrected chi connectivity index (χ3v) is 4.97. The normalized spacial score (nSPS) is 12.2. The van der Waals surface area contributed by atoms with Crippen LogP contribution in [0.15, 0.2) is 78.9 Å². The fraction of sp³-hybridized carbons (Fsp3) is 0.200. The van der Waals surface area contributed by atoms with Gasteiger partial charge in [0.2, 0.25) is 0 Å². The van der Waals surface area contributed by atoms with Crippen molar-refractivity contribution in [2.24, 2.45) is 0 Å². The first-order valence-corrected chi connectivity index (χ1v) is 10.2. The lowest BCUT2D eigenvalue weighted by Crippen LogP contribution is -2.33. The number of anilines is 1. The van der Waals surface area contributed by atoms with Crippen molar-refractivity contribution in [2.45, 2.75) is 6.42 Å². The molecule has 1 amide bonds. The van der Waals surface area contributed by atoms with Crippen LogP contribution in [0.2, 0.25) is 0 Å². The number of hydrogen-bond donors (Lipinski definition) is 0. The molecule has 4 rings (SSSR count). The highest BCUT2D eigenvalue weighted by molar-refractivity contribution is 5.99. The zero-order chi connectivity index (χ0) is 21.5. The lowest BCUT2D eigenvalue weighted by molar-refractivity contribution is -0.121. The van der Waals surface area contributed by atoms with E-state index in [2.05, 4.69) is 0 Å². The highest BCUT2D eigenvalue weighted by Gasteiger charge is 2.25. The highest BCUT2D eigenvalue weighted by Crippen LogP contribution is 2.27. The Morgan fingerprint density at radius 2 is 1.52 bits per heavy atom. The Bertz CT molecular complexity index is 1050. The standard InChI is InChI=1S/C25H23NO5/c27-24(26-15-14-19-8-4-6-12-22(19)26)18-31-25(28)21-11-5-7-13-23(21)30-17-16-29-20-9-2-1-3-10-20/h1-13H,14-18H2. The van der Waals surface area contributed by atoms with Crippen LogP contribution in [0, 0.1) is 0 Å². The number of ether oxygens (including phenoxy) is 3. The maximum absolute atomic E-state index is 12.6. The van der Waals surface area contributed by atoms with Gasteiger partial charge in [-0.2, -0.15) is 0 Å². The Kier molecular flexibility index (Phi) is 6.47. The number of hydrogen-bond acceptors (Lipinski definition) is 5. The molecule has 0 radical (unpaired) electrons. The number of esters is 1.